The van der Waals surface area contributed by atoms with Gasteiger partial charge >= 0.3 is 0 Å². The number of carbonyl (C=O) groups is 1. The van der Waals surface area contributed by atoms with Crippen LogP contribution in [0, 0.1) is 0 Å². The number of amides is 1. The van der Waals surface area contributed by atoms with Crippen LogP contribution in [0.5, 0.6) is 0 Å². The zero-order valence-corrected chi connectivity index (χ0v) is 11.0. The van der Waals surface area contributed by atoms with Crippen molar-refractivity contribution < 1.29 is 4.79 Å². The van der Waals surface area contributed by atoms with Crippen molar-refractivity contribution in [3.63, 3.8) is 0 Å². The summed E-state index contributed by atoms with van der Waals surface area (Å²) >= 11 is 0. The Morgan fingerprint density at radius 1 is 1.39 bits per heavy atom. The minimum absolute atomic E-state index is 0.0195. The Hall–Kier alpha value is -1.81. The zero-order chi connectivity index (χ0) is 13.1. The highest BCUT2D eigenvalue weighted by Gasteiger charge is 2.12. The number of aromatic amines is 1. The van der Waals surface area contributed by atoms with Crippen LogP contribution in [0.3, 0.4) is 0 Å². The van der Waals surface area contributed by atoms with Crippen molar-refractivity contribution in [2.24, 2.45) is 0 Å². The number of aromatic nitrogens is 1. The number of fused-ring (bicyclic) bond motifs is 1. The van der Waals surface area contributed by atoms with Crippen molar-refractivity contribution in [2.75, 3.05) is 20.6 Å². The molecule has 1 atom stereocenters. The van der Waals surface area contributed by atoms with E-state index in [2.05, 4.69) is 22.1 Å². The van der Waals surface area contributed by atoms with Gasteiger partial charge < -0.3 is 15.2 Å². The number of carbonyl (C=O) groups excluding carboxylic acids is 1. The second-order valence-electron chi connectivity index (χ2n) is 4.77. The summed E-state index contributed by atoms with van der Waals surface area (Å²) in [6.45, 7) is 2.73. The summed E-state index contributed by atoms with van der Waals surface area (Å²) in [5.74, 6) is -0.0195. The highest BCUT2D eigenvalue weighted by molar-refractivity contribution is 6.06. The molecule has 1 heterocycles. The average molecular weight is 245 g/mol. The molecule has 0 aliphatic carbocycles. The third-order valence-corrected chi connectivity index (χ3v) is 3.28. The van der Waals surface area contributed by atoms with E-state index in [0.717, 1.165) is 16.5 Å². The van der Waals surface area contributed by atoms with Crippen molar-refractivity contribution in [3.8, 4) is 0 Å². The van der Waals surface area contributed by atoms with Gasteiger partial charge in [-0.25, -0.2) is 0 Å². The van der Waals surface area contributed by atoms with E-state index in [1.807, 2.05) is 44.6 Å². The summed E-state index contributed by atoms with van der Waals surface area (Å²) in [5.41, 5.74) is 1.71. The molecule has 4 nitrogen and oxygen atoms in total. The van der Waals surface area contributed by atoms with Gasteiger partial charge in [0, 0.05) is 35.2 Å². The molecule has 2 rings (SSSR count). The quantitative estimate of drug-likeness (QED) is 0.863. The molecule has 96 valence electrons. The number of hydrogen-bond donors (Lipinski definition) is 2. The highest BCUT2D eigenvalue weighted by Crippen LogP contribution is 2.17. The highest BCUT2D eigenvalue weighted by atomic mass is 16.1. The number of likely N-dealkylation sites (N-methyl/N-ethyl adjacent to an activating group) is 1. The Kier molecular flexibility index (Phi) is 3.67. The molecule has 18 heavy (non-hydrogen) atoms. The molecule has 0 spiro atoms. The van der Waals surface area contributed by atoms with Crippen molar-refractivity contribution in [3.05, 3.63) is 36.0 Å². The first-order chi connectivity index (χ1) is 8.59. The summed E-state index contributed by atoms with van der Waals surface area (Å²) in [4.78, 5) is 17.3. The van der Waals surface area contributed by atoms with Crippen molar-refractivity contribution >= 4 is 16.8 Å². The van der Waals surface area contributed by atoms with Crippen LogP contribution in [0.2, 0.25) is 0 Å². The monoisotopic (exact) mass is 245 g/mol. The lowest BCUT2D eigenvalue weighted by Gasteiger charge is -2.20. The van der Waals surface area contributed by atoms with E-state index in [0.29, 0.717) is 12.6 Å². The molecule has 0 fully saturated rings. The first kappa shape index (κ1) is 12.6. The fourth-order valence-corrected chi connectivity index (χ4v) is 1.80. The molecule has 0 saturated heterocycles. The van der Waals surface area contributed by atoms with Crippen LogP contribution in [0.1, 0.15) is 17.3 Å². The molecular weight excluding hydrogens is 226 g/mol. The predicted octanol–water partition coefficient (Wildman–Crippen LogP) is 1.85. The Morgan fingerprint density at radius 3 is 2.89 bits per heavy atom. The molecule has 1 aromatic heterocycles. The summed E-state index contributed by atoms with van der Waals surface area (Å²) in [6.07, 6.45) is 1.85. The van der Waals surface area contributed by atoms with Crippen molar-refractivity contribution in [1.82, 2.24) is 15.2 Å². The van der Waals surface area contributed by atoms with Gasteiger partial charge in [-0.05, 0) is 39.2 Å². The van der Waals surface area contributed by atoms with Gasteiger partial charge in [0.25, 0.3) is 5.91 Å². The first-order valence-corrected chi connectivity index (χ1v) is 6.10. The van der Waals surface area contributed by atoms with Gasteiger partial charge in [-0.1, -0.05) is 6.07 Å². The van der Waals surface area contributed by atoms with Crippen LogP contribution in [-0.4, -0.2) is 42.5 Å². The predicted molar refractivity (Wildman–Crippen MR) is 73.8 cm³/mol. The number of benzene rings is 1. The minimum atomic E-state index is -0.0195. The fraction of sp³-hybridized carbons (Fsp3) is 0.357. The van der Waals surface area contributed by atoms with E-state index < -0.39 is 0 Å². The molecule has 1 aromatic carbocycles. The fourth-order valence-electron chi connectivity index (χ4n) is 1.80. The second kappa shape index (κ2) is 5.23. The number of H-pyrrole nitrogens is 1. The zero-order valence-electron chi connectivity index (χ0n) is 11.0. The van der Waals surface area contributed by atoms with E-state index in [-0.39, 0.29) is 5.91 Å². The first-order valence-electron chi connectivity index (χ1n) is 6.10. The van der Waals surface area contributed by atoms with Gasteiger partial charge in [0.15, 0.2) is 0 Å². The average Bonchev–Trinajstić information content (AvgIpc) is 2.83. The molecule has 0 bridgehead atoms. The molecular formula is C14H19N3O. The molecule has 0 saturated carbocycles. The topological polar surface area (TPSA) is 48.1 Å². The van der Waals surface area contributed by atoms with Gasteiger partial charge in [0.2, 0.25) is 0 Å². The van der Waals surface area contributed by atoms with Crippen LogP contribution in [0.15, 0.2) is 30.5 Å². The molecule has 2 N–H and O–H groups in total. The number of nitrogens with zero attached hydrogens (tertiary/aromatic N) is 1. The van der Waals surface area contributed by atoms with Gasteiger partial charge in [-0.15, -0.1) is 0 Å². The van der Waals surface area contributed by atoms with Crippen LogP contribution < -0.4 is 5.32 Å². The van der Waals surface area contributed by atoms with E-state index in [1.54, 1.807) is 0 Å². The molecule has 2 aromatic rings. The SMILES string of the molecule is CC(CNC(=O)c1cccc2[nH]ccc12)N(C)C. The maximum atomic E-state index is 12.1. The van der Waals surface area contributed by atoms with Crippen LogP contribution >= 0.6 is 0 Å². The largest absolute Gasteiger partial charge is 0.361 e. The van der Waals surface area contributed by atoms with Gasteiger partial charge in [-0.2, -0.15) is 0 Å². The lowest BCUT2D eigenvalue weighted by molar-refractivity contribution is 0.0945. The second-order valence-corrected chi connectivity index (χ2v) is 4.77. The third-order valence-electron chi connectivity index (χ3n) is 3.28. The Morgan fingerprint density at radius 2 is 2.17 bits per heavy atom. The molecule has 0 aliphatic rings. The van der Waals surface area contributed by atoms with Gasteiger partial charge in [0.05, 0.1) is 0 Å². The third kappa shape index (κ3) is 2.54. The summed E-state index contributed by atoms with van der Waals surface area (Å²) in [6, 6.07) is 7.96. The number of hydrogen-bond acceptors (Lipinski definition) is 2. The molecule has 1 unspecified atom stereocenters. The maximum absolute atomic E-state index is 12.1. The lowest BCUT2D eigenvalue weighted by atomic mass is 10.1. The van der Waals surface area contributed by atoms with Crippen molar-refractivity contribution in [2.45, 2.75) is 13.0 Å². The van der Waals surface area contributed by atoms with Crippen molar-refractivity contribution in [1.29, 1.82) is 0 Å². The summed E-state index contributed by atoms with van der Waals surface area (Å²) in [7, 11) is 4.01. The van der Waals surface area contributed by atoms with Gasteiger partial charge in [-0.3, -0.25) is 4.79 Å². The van der Waals surface area contributed by atoms with Crippen LogP contribution in [0.4, 0.5) is 0 Å². The van der Waals surface area contributed by atoms with E-state index in [9.17, 15) is 4.79 Å². The normalized spacial score (nSPS) is 12.9. The smallest absolute Gasteiger partial charge is 0.252 e. The Bertz CT molecular complexity index is 545. The van der Waals surface area contributed by atoms with E-state index in [1.165, 1.54) is 0 Å². The van der Waals surface area contributed by atoms with E-state index >= 15 is 0 Å². The molecule has 0 aliphatic heterocycles. The molecule has 1 amide bonds. The lowest BCUT2D eigenvalue weighted by Crippen LogP contribution is -2.38. The van der Waals surface area contributed by atoms with Crippen LogP contribution in [0.25, 0.3) is 10.9 Å². The minimum Gasteiger partial charge on any atom is -0.361 e. The standard InChI is InChI=1S/C14H19N3O/c1-10(17(2)3)9-16-14(18)12-5-4-6-13-11(12)7-8-15-13/h4-8,10,15H,9H2,1-3H3,(H,16,18). The van der Waals surface area contributed by atoms with E-state index in [4.69, 9.17) is 0 Å². The number of nitrogens with one attached hydrogen (secondary N) is 2. The summed E-state index contributed by atoms with van der Waals surface area (Å²) in [5, 5.41) is 3.93. The molecule has 0 radical (unpaired) electrons. The number of rotatable bonds is 4. The summed E-state index contributed by atoms with van der Waals surface area (Å²) < 4.78 is 0. The Balaban J connectivity index is 2.12. The van der Waals surface area contributed by atoms with Crippen LogP contribution in [-0.2, 0) is 0 Å². The Labute approximate surface area is 107 Å². The molecule has 4 heteroatoms. The van der Waals surface area contributed by atoms with Gasteiger partial charge in [0.1, 0.15) is 0 Å². The maximum Gasteiger partial charge on any atom is 0.252 e.